The third kappa shape index (κ3) is 3.44. The van der Waals surface area contributed by atoms with E-state index in [9.17, 15) is 13.2 Å². The molecule has 0 spiro atoms. The molecule has 1 aromatic rings. The molecule has 0 saturated heterocycles. The van der Waals surface area contributed by atoms with Crippen LogP contribution in [0, 0.1) is 11.3 Å². The van der Waals surface area contributed by atoms with Crippen molar-refractivity contribution in [2.24, 2.45) is 0 Å². The smallest absolute Gasteiger partial charge is 0.324 e. The number of halogens is 1. The topological polar surface area (TPSA) is 107 Å². The van der Waals surface area contributed by atoms with Crippen LogP contribution in [-0.4, -0.2) is 25.0 Å². The molecule has 102 valence electrons. The number of aliphatic carboxylic acids is 1. The molecule has 0 bridgehead atoms. The minimum absolute atomic E-state index is 0.0901. The van der Waals surface area contributed by atoms with E-state index < -0.39 is 21.5 Å². The van der Waals surface area contributed by atoms with Gasteiger partial charge in [0.25, 0.3) is 0 Å². The predicted octanol–water partition coefficient (Wildman–Crippen LogP) is 1.35. The number of nitrogens with zero attached hydrogens (tertiary/aromatic N) is 1. The van der Waals surface area contributed by atoms with Crippen molar-refractivity contribution in [3.8, 4) is 6.07 Å². The van der Waals surface area contributed by atoms with Gasteiger partial charge in [-0.15, -0.1) is 0 Å². The summed E-state index contributed by atoms with van der Waals surface area (Å²) in [7, 11) is -4.14. The van der Waals surface area contributed by atoms with E-state index >= 15 is 0 Å². The van der Waals surface area contributed by atoms with Crippen LogP contribution in [0.25, 0.3) is 0 Å². The summed E-state index contributed by atoms with van der Waals surface area (Å²) in [6.07, 6.45) is 0. The van der Waals surface area contributed by atoms with E-state index in [1.165, 1.54) is 26.0 Å². The summed E-state index contributed by atoms with van der Waals surface area (Å²) in [6.45, 7) is 2.41. The van der Waals surface area contributed by atoms with Gasteiger partial charge in [-0.3, -0.25) is 4.79 Å². The van der Waals surface area contributed by atoms with Gasteiger partial charge in [-0.2, -0.15) is 9.98 Å². The number of carbonyl (C=O) groups is 1. The maximum Gasteiger partial charge on any atom is 0.324 e. The normalized spacial score (nSPS) is 11.9. The number of nitriles is 1. The Kier molecular flexibility index (Phi) is 4.20. The van der Waals surface area contributed by atoms with Gasteiger partial charge in [0.1, 0.15) is 10.4 Å². The lowest BCUT2D eigenvalue weighted by Crippen LogP contribution is -2.49. The Hall–Kier alpha value is -1.62. The van der Waals surface area contributed by atoms with Gasteiger partial charge in [0.05, 0.1) is 16.7 Å². The monoisotopic (exact) mass is 302 g/mol. The summed E-state index contributed by atoms with van der Waals surface area (Å²) in [4.78, 5) is 10.6. The molecule has 0 amide bonds. The summed E-state index contributed by atoms with van der Waals surface area (Å²) in [5.41, 5.74) is -1.58. The molecule has 0 aliphatic heterocycles. The molecule has 0 aliphatic rings. The molecule has 0 aliphatic carbocycles. The zero-order valence-electron chi connectivity index (χ0n) is 10.1. The van der Waals surface area contributed by atoms with Crippen molar-refractivity contribution in [1.29, 1.82) is 5.26 Å². The molecule has 19 heavy (non-hydrogen) atoms. The van der Waals surface area contributed by atoms with Gasteiger partial charge in [-0.05, 0) is 32.0 Å². The van der Waals surface area contributed by atoms with Crippen molar-refractivity contribution in [2.75, 3.05) is 0 Å². The van der Waals surface area contributed by atoms with Gasteiger partial charge in [0.2, 0.25) is 10.0 Å². The fourth-order valence-electron chi connectivity index (χ4n) is 1.21. The number of hydrogen-bond acceptors (Lipinski definition) is 4. The minimum Gasteiger partial charge on any atom is -0.480 e. The Morgan fingerprint density at radius 3 is 2.53 bits per heavy atom. The number of benzene rings is 1. The van der Waals surface area contributed by atoms with Crippen LogP contribution < -0.4 is 4.72 Å². The van der Waals surface area contributed by atoms with E-state index in [1.807, 2.05) is 4.72 Å². The van der Waals surface area contributed by atoms with Crippen molar-refractivity contribution in [3.63, 3.8) is 0 Å². The largest absolute Gasteiger partial charge is 0.480 e. The summed E-state index contributed by atoms with van der Waals surface area (Å²) in [5.74, 6) is -1.33. The first kappa shape index (κ1) is 15.4. The average molecular weight is 303 g/mol. The molecule has 0 unspecified atom stereocenters. The molecule has 6 nitrogen and oxygen atoms in total. The number of carboxylic acid groups (broad SMARTS) is 1. The van der Waals surface area contributed by atoms with Gasteiger partial charge in [0, 0.05) is 0 Å². The summed E-state index contributed by atoms with van der Waals surface area (Å²) < 4.78 is 26.2. The molecular weight excluding hydrogens is 292 g/mol. The van der Waals surface area contributed by atoms with Crippen LogP contribution in [0.5, 0.6) is 0 Å². The van der Waals surface area contributed by atoms with E-state index in [-0.39, 0.29) is 15.5 Å². The first-order chi connectivity index (χ1) is 8.60. The van der Waals surface area contributed by atoms with Crippen molar-refractivity contribution in [2.45, 2.75) is 24.3 Å². The first-order valence-corrected chi connectivity index (χ1v) is 6.93. The average Bonchev–Trinajstić information content (AvgIpc) is 2.27. The summed E-state index contributed by atoms with van der Waals surface area (Å²) >= 11 is 5.77. The lowest BCUT2D eigenvalue weighted by atomic mass is 10.1. The fraction of sp³-hybridized carbons (Fsp3) is 0.273. The van der Waals surface area contributed by atoms with Crippen LogP contribution in [0.3, 0.4) is 0 Å². The summed E-state index contributed by atoms with van der Waals surface area (Å²) in [6, 6.07) is 5.50. The highest BCUT2D eigenvalue weighted by Crippen LogP contribution is 2.23. The highest BCUT2D eigenvalue weighted by molar-refractivity contribution is 7.89. The lowest BCUT2D eigenvalue weighted by Gasteiger charge is -2.21. The van der Waals surface area contributed by atoms with E-state index in [0.717, 1.165) is 6.07 Å². The van der Waals surface area contributed by atoms with Gasteiger partial charge < -0.3 is 5.11 Å². The Morgan fingerprint density at radius 2 is 2.05 bits per heavy atom. The Labute approximate surface area is 115 Å². The molecule has 2 N–H and O–H groups in total. The molecule has 8 heteroatoms. The van der Waals surface area contributed by atoms with Gasteiger partial charge in [-0.1, -0.05) is 11.6 Å². The quantitative estimate of drug-likeness (QED) is 0.873. The zero-order chi connectivity index (χ0) is 14.8. The van der Waals surface area contributed by atoms with Crippen LogP contribution in [0.15, 0.2) is 23.1 Å². The maximum atomic E-state index is 12.1. The Morgan fingerprint density at radius 1 is 1.47 bits per heavy atom. The second-order valence-corrected chi connectivity index (χ2v) is 6.35. The molecule has 0 fully saturated rings. The maximum absolute atomic E-state index is 12.1. The van der Waals surface area contributed by atoms with Crippen LogP contribution in [0.4, 0.5) is 0 Å². The Balaban J connectivity index is 3.30. The van der Waals surface area contributed by atoms with Gasteiger partial charge in [0.15, 0.2) is 0 Å². The molecule has 0 saturated carbocycles. The van der Waals surface area contributed by atoms with Crippen molar-refractivity contribution in [3.05, 3.63) is 28.8 Å². The molecule has 0 aromatic heterocycles. The van der Waals surface area contributed by atoms with Crippen LogP contribution >= 0.6 is 11.6 Å². The highest BCUT2D eigenvalue weighted by atomic mass is 35.5. The van der Waals surface area contributed by atoms with Crippen LogP contribution in [0.1, 0.15) is 19.4 Å². The number of hydrogen-bond donors (Lipinski definition) is 2. The minimum atomic E-state index is -4.14. The zero-order valence-corrected chi connectivity index (χ0v) is 11.7. The van der Waals surface area contributed by atoms with Crippen LogP contribution in [-0.2, 0) is 14.8 Å². The van der Waals surface area contributed by atoms with Crippen molar-refractivity contribution in [1.82, 2.24) is 4.72 Å². The van der Waals surface area contributed by atoms with E-state index in [4.69, 9.17) is 22.0 Å². The lowest BCUT2D eigenvalue weighted by molar-refractivity contribution is -0.142. The van der Waals surface area contributed by atoms with Crippen LogP contribution in [0.2, 0.25) is 5.02 Å². The molecular formula is C11H11ClN2O4S. The van der Waals surface area contributed by atoms with E-state index in [2.05, 4.69) is 0 Å². The molecule has 0 heterocycles. The number of sulfonamides is 1. The second-order valence-electron chi connectivity index (χ2n) is 4.29. The Bertz CT molecular complexity index is 662. The van der Waals surface area contributed by atoms with Crippen molar-refractivity contribution >= 4 is 27.6 Å². The SMILES string of the molecule is CC(C)(NS(=O)(=O)c1cc(C#N)ccc1Cl)C(=O)O. The number of nitrogens with one attached hydrogen (secondary N) is 1. The first-order valence-electron chi connectivity index (χ1n) is 5.07. The molecule has 1 rings (SSSR count). The highest BCUT2D eigenvalue weighted by Gasteiger charge is 2.34. The molecule has 1 aromatic carbocycles. The predicted molar refractivity (Wildman–Crippen MR) is 68.2 cm³/mol. The van der Waals surface area contributed by atoms with E-state index in [1.54, 1.807) is 6.07 Å². The van der Waals surface area contributed by atoms with E-state index in [0.29, 0.717) is 0 Å². The fourth-order valence-corrected chi connectivity index (χ4v) is 3.11. The third-order valence-electron chi connectivity index (χ3n) is 2.27. The second kappa shape index (κ2) is 5.17. The molecule has 0 atom stereocenters. The molecule has 0 radical (unpaired) electrons. The number of carboxylic acids is 1. The van der Waals surface area contributed by atoms with Crippen molar-refractivity contribution < 1.29 is 18.3 Å². The van der Waals surface area contributed by atoms with Gasteiger partial charge in [-0.25, -0.2) is 8.42 Å². The summed E-state index contributed by atoms with van der Waals surface area (Å²) in [5, 5.41) is 17.6. The van der Waals surface area contributed by atoms with Gasteiger partial charge >= 0.3 is 5.97 Å². The number of rotatable bonds is 4. The standard InChI is InChI=1S/C11H11ClN2O4S/c1-11(2,10(15)16)14-19(17,18)9-5-7(6-13)3-4-8(9)12/h3-5,14H,1-2H3,(H,15,16). The third-order valence-corrected chi connectivity index (χ3v) is 4.41.